The molecule has 0 heterocycles. The summed E-state index contributed by atoms with van der Waals surface area (Å²) in [6.45, 7) is 12.1. The molecule has 3 fully saturated rings. The van der Waals surface area contributed by atoms with Crippen LogP contribution in [0.15, 0.2) is 0 Å². The van der Waals surface area contributed by atoms with Crippen LogP contribution in [0.3, 0.4) is 0 Å². The van der Waals surface area contributed by atoms with E-state index in [1.165, 1.54) is 44.9 Å². The second kappa shape index (κ2) is 10.2. The quantitative estimate of drug-likeness (QED) is 0.427. The maximum atomic E-state index is 13.2. The van der Waals surface area contributed by atoms with E-state index in [9.17, 15) is 15.0 Å². The smallest absolute Gasteiger partial charge is 0.139 e. The third-order valence-electron chi connectivity index (χ3n) is 10.4. The van der Waals surface area contributed by atoms with Crippen LogP contribution in [0, 0.1) is 52.3 Å². The largest absolute Gasteiger partial charge is 0.396 e. The Hall–Kier alpha value is -0.410. The van der Waals surface area contributed by atoms with Gasteiger partial charge in [-0.3, -0.25) is 4.79 Å². The standard InChI is InChI=1S/C28H50O3/c1-19(2)7-6-8-20(3)23-10-11-24-22-9-12-26(31)28(5,15-13-21(17-29)18-30)25(22)14-16-27(23,24)4/h19-25,29-30H,6-18H2,1-5H3/t20-,22+,23-,24+,25+,27-,28-/m1/s1. The predicted molar refractivity (Wildman–Crippen MR) is 128 cm³/mol. The third kappa shape index (κ3) is 4.93. The first-order valence-corrected chi connectivity index (χ1v) is 13.4. The van der Waals surface area contributed by atoms with Gasteiger partial charge in [-0.1, -0.05) is 53.9 Å². The molecule has 0 saturated heterocycles. The van der Waals surface area contributed by atoms with E-state index >= 15 is 0 Å². The summed E-state index contributed by atoms with van der Waals surface area (Å²) in [5.74, 6) is 4.81. The van der Waals surface area contributed by atoms with Crippen LogP contribution in [0.2, 0.25) is 0 Å². The van der Waals surface area contributed by atoms with E-state index in [1.54, 1.807) is 0 Å². The van der Waals surface area contributed by atoms with E-state index in [0.29, 0.717) is 23.0 Å². The molecule has 0 aliphatic heterocycles. The molecule has 0 unspecified atom stereocenters. The van der Waals surface area contributed by atoms with Gasteiger partial charge in [0.1, 0.15) is 5.78 Å². The highest BCUT2D eigenvalue weighted by Crippen LogP contribution is 2.66. The molecule has 0 spiro atoms. The van der Waals surface area contributed by atoms with Crippen molar-refractivity contribution in [1.29, 1.82) is 0 Å². The Balaban J connectivity index is 1.71. The number of rotatable bonds is 10. The molecule has 0 amide bonds. The van der Waals surface area contributed by atoms with Crippen molar-refractivity contribution in [1.82, 2.24) is 0 Å². The molecule has 31 heavy (non-hydrogen) atoms. The first kappa shape index (κ1) is 25.2. The molecule has 3 saturated carbocycles. The van der Waals surface area contributed by atoms with Crippen LogP contribution in [0.4, 0.5) is 0 Å². The zero-order chi connectivity index (χ0) is 22.8. The Morgan fingerprint density at radius 2 is 1.65 bits per heavy atom. The lowest BCUT2D eigenvalue weighted by molar-refractivity contribution is -0.146. The Labute approximate surface area is 191 Å². The van der Waals surface area contributed by atoms with Crippen molar-refractivity contribution in [2.24, 2.45) is 52.3 Å². The second-order valence-corrected chi connectivity index (χ2v) is 12.6. The minimum Gasteiger partial charge on any atom is -0.396 e. The lowest BCUT2D eigenvalue weighted by atomic mass is 9.47. The fourth-order valence-corrected chi connectivity index (χ4v) is 8.36. The summed E-state index contributed by atoms with van der Waals surface area (Å²) in [5.41, 5.74) is 0.201. The van der Waals surface area contributed by atoms with Gasteiger partial charge >= 0.3 is 0 Å². The minimum atomic E-state index is -0.256. The lowest BCUT2D eigenvalue weighted by Gasteiger charge is -2.56. The highest BCUT2D eigenvalue weighted by Gasteiger charge is 2.59. The van der Waals surface area contributed by atoms with Gasteiger partial charge in [0, 0.05) is 31.0 Å². The summed E-state index contributed by atoms with van der Waals surface area (Å²) >= 11 is 0. The van der Waals surface area contributed by atoms with E-state index in [-0.39, 0.29) is 24.5 Å². The molecule has 3 nitrogen and oxygen atoms in total. The number of carbonyl (C=O) groups is 1. The second-order valence-electron chi connectivity index (χ2n) is 12.6. The van der Waals surface area contributed by atoms with Crippen LogP contribution in [0.1, 0.15) is 105 Å². The summed E-state index contributed by atoms with van der Waals surface area (Å²) in [4.78, 5) is 13.2. The molecule has 7 atom stereocenters. The SMILES string of the molecule is CC(C)CCC[C@@H](C)[C@H]1CC[C@H]2[C@@H]3CCC(=O)[C@](C)(CCC(CO)CO)[C@H]3CC[C@]12C. The van der Waals surface area contributed by atoms with Crippen molar-refractivity contribution in [2.45, 2.75) is 105 Å². The van der Waals surface area contributed by atoms with E-state index in [4.69, 9.17) is 0 Å². The molecular formula is C28H50O3. The molecule has 3 rings (SSSR count). The molecule has 2 N–H and O–H groups in total. The average molecular weight is 435 g/mol. The molecule has 0 bridgehead atoms. The molecule has 0 aromatic carbocycles. The number of aliphatic hydroxyl groups excluding tert-OH is 2. The number of hydrogen-bond donors (Lipinski definition) is 2. The Morgan fingerprint density at radius 3 is 2.29 bits per heavy atom. The fourth-order valence-electron chi connectivity index (χ4n) is 8.36. The van der Waals surface area contributed by atoms with Gasteiger partial charge in [-0.2, -0.15) is 0 Å². The number of aliphatic hydroxyl groups is 2. The summed E-state index contributed by atoms with van der Waals surface area (Å²) in [5, 5.41) is 19.0. The molecular weight excluding hydrogens is 384 g/mol. The first-order valence-electron chi connectivity index (χ1n) is 13.4. The fraction of sp³-hybridized carbons (Fsp3) is 0.964. The van der Waals surface area contributed by atoms with Crippen molar-refractivity contribution in [2.75, 3.05) is 13.2 Å². The average Bonchev–Trinajstić information content (AvgIpc) is 3.08. The number of hydrogen-bond acceptors (Lipinski definition) is 3. The van der Waals surface area contributed by atoms with Gasteiger partial charge in [0.2, 0.25) is 0 Å². The van der Waals surface area contributed by atoms with Gasteiger partial charge in [0.25, 0.3) is 0 Å². The predicted octanol–water partition coefficient (Wildman–Crippen LogP) is 6.26. The number of Topliss-reactive ketones (excluding diaryl/α,β-unsaturated/α-hetero) is 1. The van der Waals surface area contributed by atoms with Crippen LogP contribution in [0.5, 0.6) is 0 Å². The number of carbonyl (C=O) groups excluding carboxylic acids is 1. The number of ketones is 1. The van der Waals surface area contributed by atoms with Gasteiger partial charge in [-0.25, -0.2) is 0 Å². The number of fused-ring (bicyclic) bond motifs is 3. The first-order chi connectivity index (χ1) is 14.7. The highest BCUT2D eigenvalue weighted by atomic mass is 16.3. The van der Waals surface area contributed by atoms with Gasteiger partial charge in [0.05, 0.1) is 0 Å². The van der Waals surface area contributed by atoms with Crippen LogP contribution in [-0.4, -0.2) is 29.2 Å². The monoisotopic (exact) mass is 434 g/mol. The van der Waals surface area contributed by atoms with Crippen molar-refractivity contribution < 1.29 is 15.0 Å². The molecule has 3 aliphatic rings. The van der Waals surface area contributed by atoms with Crippen LogP contribution >= 0.6 is 0 Å². The molecule has 0 aromatic rings. The molecule has 180 valence electrons. The lowest BCUT2D eigenvalue weighted by Crippen LogP contribution is -2.52. The zero-order valence-electron chi connectivity index (χ0n) is 21.0. The van der Waals surface area contributed by atoms with E-state index in [2.05, 4.69) is 34.6 Å². The maximum Gasteiger partial charge on any atom is 0.139 e. The van der Waals surface area contributed by atoms with E-state index in [0.717, 1.165) is 49.4 Å². The Kier molecular flexibility index (Phi) is 8.33. The van der Waals surface area contributed by atoms with Crippen LogP contribution in [-0.2, 0) is 4.79 Å². The highest BCUT2D eigenvalue weighted by molar-refractivity contribution is 5.85. The van der Waals surface area contributed by atoms with E-state index in [1.807, 2.05) is 0 Å². The van der Waals surface area contributed by atoms with Crippen molar-refractivity contribution in [3.05, 3.63) is 0 Å². The Bertz CT molecular complexity index is 597. The normalized spacial score (nSPS) is 39.1. The summed E-state index contributed by atoms with van der Waals surface area (Å²) < 4.78 is 0. The minimum absolute atomic E-state index is 0.0198. The molecule has 0 radical (unpaired) electrons. The van der Waals surface area contributed by atoms with E-state index < -0.39 is 0 Å². The van der Waals surface area contributed by atoms with Gasteiger partial charge < -0.3 is 10.2 Å². The molecule has 3 aliphatic carbocycles. The Morgan fingerprint density at radius 1 is 0.935 bits per heavy atom. The van der Waals surface area contributed by atoms with Crippen LogP contribution in [0.25, 0.3) is 0 Å². The topological polar surface area (TPSA) is 57.5 Å². The van der Waals surface area contributed by atoms with Gasteiger partial charge in [-0.15, -0.1) is 0 Å². The summed E-state index contributed by atoms with van der Waals surface area (Å²) in [6.07, 6.45) is 12.7. The van der Waals surface area contributed by atoms with Crippen molar-refractivity contribution in [3.63, 3.8) is 0 Å². The molecule has 0 aromatic heterocycles. The maximum absolute atomic E-state index is 13.2. The summed E-state index contributed by atoms with van der Waals surface area (Å²) in [6, 6.07) is 0. The molecule has 3 heteroatoms. The third-order valence-corrected chi connectivity index (χ3v) is 10.4. The zero-order valence-corrected chi connectivity index (χ0v) is 21.0. The van der Waals surface area contributed by atoms with Crippen molar-refractivity contribution >= 4 is 5.78 Å². The summed E-state index contributed by atoms with van der Waals surface area (Å²) in [7, 11) is 0. The van der Waals surface area contributed by atoms with Crippen LogP contribution < -0.4 is 0 Å². The van der Waals surface area contributed by atoms with Gasteiger partial charge in [0.15, 0.2) is 0 Å². The van der Waals surface area contributed by atoms with Crippen molar-refractivity contribution in [3.8, 4) is 0 Å². The van der Waals surface area contributed by atoms with Gasteiger partial charge in [-0.05, 0) is 85.9 Å².